The Labute approximate surface area is 109 Å². The van der Waals surface area contributed by atoms with Gasteiger partial charge >= 0.3 is 5.97 Å². The van der Waals surface area contributed by atoms with E-state index in [2.05, 4.69) is 4.98 Å². The molecule has 0 unspecified atom stereocenters. The fraction of sp³-hybridized carbons (Fsp3) is 0.300. The molecule has 19 heavy (non-hydrogen) atoms. The van der Waals surface area contributed by atoms with E-state index in [4.69, 9.17) is 9.66 Å². The number of pyridine rings is 1. The number of nitrogens with zero attached hydrogens (tertiary/aromatic N) is 1. The van der Waals surface area contributed by atoms with E-state index in [0.29, 0.717) is 5.56 Å². The number of carbonyl (C=O) groups excluding carboxylic acids is 1. The first-order valence-electron chi connectivity index (χ1n) is 5.14. The van der Waals surface area contributed by atoms with Crippen molar-refractivity contribution in [3.63, 3.8) is 0 Å². The second-order valence-corrected chi connectivity index (χ2v) is 5.24. The number of carbonyl (C=O) groups is 2. The standard InChI is InChI=1S/C10H12N2O6S/c13-9(4-7-2-1-3-11-5-7)12-8(10(14)15)6-19(16,17)18/h1-3,5,8H,4,6H2,(H,12,13)(H,14,15)(H,16,17,18)/t8-/m0/s1. The minimum absolute atomic E-state index is 0.136. The third-order valence-corrected chi connectivity index (χ3v) is 2.85. The Kier molecular flexibility index (Phi) is 4.95. The molecule has 0 aliphatic rings. The Balaban J connectivity index is 2.65. The summed E-state index contributed by atoms with van der Waals surface area (Å²) in [5, 5.41) is 10.8. The molecule has 1 heterocycles. The van der Waals surface area contributed by atoms with Crippen molar-refractivity contribution in [1.29, 1.82) is 0 Å². The van der Waals surface area contributed by atoms with Gasteiger partial charge in [-0.3, -0.25) is 14.3 Å². The van der Waals surface area contributed by atoms with E-state index in [0.717, 1.165) is 0 Å². The third kappa shape index (κ3) is 5.93. The second kappa shape index (κ2) is 6.25. The van der Waals surface area contributed by atoms with Gasteiger partial charge in [0.05, 0.1) is 6.42 Å². The zero-order chi connectivity index (χ0) is 14.5. The van der Waals surface area contributed by atoms with Gasteiger partial charge in [0, 0.05) is 12.4 Å². The first-order valence-corrected chi connectivity index (χ1v) is 6.75. The number of aromatic nitrogens is 1. The van der Waals surface area contributed by atoms with Crippen molar-refractivity contribution in [3.05, 3.63) is 30.1 Å². The molecule has 1 aromatic rings. The van der Waals surface area contributed by atoms with Crippen LogP contribution in [0.2, 0.25) is 0 Å². The van der Waals surface area contributed by atoms with Gasteiger partial charge in [-0.25, -0.2) is 4.79 Å². The van der Waals surface area contributed by atoms with Crippen LogP contribution in [0, 0.1) is 0 Å². The Morgan fingerprint density at radius 1 is 1.42 bits per heavy atom. The predicted molar refractivity (Wildman–Crippen MR) is 63.9 cm³/mol. The first-order chi connectivity index (χ1) is 8.78. The van der Waals surface area contributed by atoms with Crippen molar-refractivity contribution in [2.75, 3.05) is 5.75 Å². The lowest BCUT2D eigenvalue weighted by Crippen LogP contribution is -2.45. The number of aliphatic carboxylic acids is 1. The number of hydrogen-bond acceptors (Lipinski definition) is 5. The molecule has 0 aromatic carbocycles. The summed E-state index contributed by atoms with van der Waals surface area (Å²) in [6, 6.07) is 1.53. The van der Waals surface area contributed by atoms with E-state index in [1.165, 1.54) is 12.4 Å². The van der Waals surface area contributed by atoms with Crippen LogP contribution >= 0.6 is 0 Å². The topological polar surface area (TPSA) is 134 Å². The van der Waals surface area contributed by atoms with Gasteiger partial charge in [0.1, 0.15) is 11.8 Å². The van der Waals surface area contributed by atoms with E-state index in [1.807, 2.05) is 5.32 Å². The van der Waals surface area contributed by atoms with Gasteiger partial charge in [-0.1, -0.05) is 6.07 Å². The van der Waals surface area contributed by atoms with Crippen LogP contribution in [0.25, 0.3) is 0 Å². The molecule has 0 spiro atoms. The van der Waals surface area contributed by atoms with E-state index >= 15 is 0 Å². The lowest BCUT2D eigenvalue weighted by Gasteiger charge is -2.12. The molecule has 1 rings (SSSR count). The molecular weight excluding hydrogens is 276 g/mol. The maximum atomic E-state index is 11.5. The maximum Gasteiger partial charge on any atom is 0.327 e. The lowest BCUT2D eigenvalue weighted by atomic mass is 10.2. The quantitative estimate of drug-likeness (QED) is 0.576. The average Bonchev–Trinajstić information content (AvgIpc) is 2.27. The first kappa shape index (κ1) is 15.1. The van der Waals surface area contributed by atoms with Crippen LogP contribution in [0.4, 0.5) is 0 Å². The maximum absolute atomic E-state index is 11.5. The van der Waals surface area contributed by atoms with Crippen molar-refractivity contribution in [3.8, 4) is 0 Å². The zero-order valence-electron chi connectivity index (χ0n) is 9.68. The Morgan fingerprint density at radius 3 is 2.58 bits per heavy atom. The van der Waals surface area contributed by atoms with Crippen LogP contribution in [0.15, 0.2) is 24.5 Å². The highest BCUT2D eigenvalue weighted by Gasteiger charge is 2.25. The molecule has 1 atom stereocenters. The third-order valence-electron chi connectivity index (χ3n) is 2.10. The van der Waals surface area contributed by atoms with Crippen LogP contribution < -0.4 is 5.32 Å². The number of hydrogen-bond donors (Lipinski definition) is 3. The molecule has 0 aliphatic heterocycles. The van der Waals surface area contributed by atoms with Crippen LogP contribution in [-0.4, -0.2) is 46.7 Å². The molecule has 0 radical (unpaired) electrons. The highest BCUT2D eigenvalue weighted by molar-refractivity contribution is 7.85. The van der Waals surface area contributed by atoms with Gasteiger partial charge in [0.15, 0.2) is 0 Å². The van der Waals surface area contributed by atoms with Crippen LogP contribution in [-0.2, 0) is 26.1 Å². The summed E-state index contributed by atoms with van der Waals surface area (Å²) in [5.41, 5.74) is 0.552. The van der Waals surface area contributed by atoms with Crippen molar-refractivity contribution in [1.82, 2.24) is 10.3 Å². The summed E-state index contributed by atoms with van der Waals surface area (Å²) in [6.45, 7) is 0. The molecule has 104 valence electrons. The average molecular weight is 288 g/mol. The van der Waals surface area contributed by atoms with Gasteiger partial charge in [-0.05, 0) is 11.6 Å². The van der Waals surface area contributed by atoms with E-state index in [9.17, 15) is 18.0 Å². The minimum Gasteiger partial charge on any atom is -0.480 e. The fourth-order valence-electron chi connectivity index (χ4n) is 1.32. The molecular formula is C10H12N2O6S. The zero-order valence-corrected chi connectivity index (χ0v) is 10.5. The van der Waals surface area contributed by atoms with E-state index in [-0.39, 0.29) is 6.42 Å². The molecule has 0 bridgehead atoms. The number of rotatable bonds is 6. The summed E-state index contributed by atoms with van der Waals surface area (Å²) in [5.74, 6) is -3.30. The number of amides is 1. The summed E-state index contributed by atoms with van der Waals surface area (Å²) >= 11 is 0. The van der Waals surface area contributed by atoms with Gasteiger partial charge in [-0.2, -0.15) is 8.42 Å². The summed E-state index contributed by atoms with van der Waals surface area (Å²) < 4.78 is 29.8. The van der Waals surface area contributed by atoms with Crippen molar-refractivity contribution < 1.29 is 27.7 Å². The Bertz CT molecular complexity index is 557. The summed E-state index contributed by atoms with van der Waals surface area (Å²) in [4.78, 5) is 26.1. The molecule has 3 N–H and O–H groups in total. The van der Waals surface area contributed by atoms with Crippen molar-refractivity contribution >= 4 is 22.0 Å². The van der Waals surface area contributed by atoms with E-state index < -0.39 is 33.8 Å². The fourth-order valence-corrected chi connectivity index (χ4v) is 1.97. The van der Waals surface area contributed by atoms with Crippen molar-refractivity contribution in [2.45, 2.75) is 12.5 Å². The van der Waals surface area contributed by atoms with Crippen LogP contribution in [0.1, 0.15) is 5.56 Å². The highest BCUT2D eigenvalue weighted by Crippen LogP contribution is 1.98. The molecule has 1 aromatic heterocycles. The van der Waals surface area contributed by atoms with Crippen LogP contribution in [0.5, 0.6) is 0 Å². The second-order valence-electron chi connectivity index (χ2n) is 3.74. The number of carboxylic acid groups (broad SMARTS) is 1. The minimum atomic E-state index is -4.49. The molecule has 1 amide bonds. The number of nitrogens with one attached hydrogen (secondary N) is 1. The highest BCUT2D eigenvalue weighted by atomic mass is 32.2. The summed E-state index contributed by atoms with van der Waals surface area (Å²) in [7, 11) is -4.49. The lowest BCUT2D eigenvalue weighted by molar-refractivity contribution is -0.141. The van der Waals surface area contributed by atoms with Gasteiger partial charge in [0.25, 0.3) is 10.1 Å². The molecule has 0 saturated carbocycles. The number of carboxylic acids is 1. The SMILES string of the molecule is O=C(Cc1cccnc1)N[C@@H](CS(=O)(=O)O)C(=O)O. The monoisotopic (exact) mass is 288 g/mol. The van der Waals surface area contributed by atoms with E-state index in [1.54, 1.807) is 12.1 Å². The van der Waals surface area contributed by atoms with Crippen LogP contribution in [0.3, 0.4) is 0 Å². The largest absolute Gasteiger partial charge is 0.480 e. The van der Waals surface area contributed by atoms with Gasteiger partial charge in [0.2, 0.25) is 5.91 Å². The molecule has 8 nitrogen and oxygen atoms in total. The molecule has 0 fully saturated rings. The Hall–Kier alpha value is -2.00. The normalized spacial score (nSPS) is 12.7. The molecule has 0 saturated heterocycles. The molecule has 0 aliphatic carbocycles. The Morgan fingerprint density at radius 2 is 2.11 bits per heavy atom. The van der Waals surface area contributed by atoms with Gasteiger partial charge in [-0.15, -0.1) is 0 Å². The van der Waals surface area contributed by atoms with Gasteiger partial charge < -0.3 is 10.4 Å². The summed E-state index contributed by atoms with van der Waals surface area (Å²) in [6.07, 6.45) is 2.81. The molecule has 9 heteroatoms. The van der Waals surface area contributed by atoms with Crippen molar-refractivity contribution in [2.24, 2.45) is 0 Å². The predicted octanol–water partition coefficient (Wildman–Crippen LogP) is -0.919. The smallest absolute Gasteiger partial charge is 0.327 e.